The molecule has 182 valence electrons. The predicted octanol–water partition coefficient (Wildman–Crippen LogP) is 7.33. The van der Waals surface area contributed by atoms with Crippen LogP contribution in [0.15, 0.2) is 78.9 Å². The van der Waals surface area contributed by atoms with Gasteiger partial charge >= 0.3 is 6.18 Å². The van der Waals surface area contributed by atoms with Gasteiger partial charge in [-0.05, 0) is 60.7 Å². The average molecular weight is 472 g/mol. The van der Waals surface area contributed by atoms with Crippen molar-refractivity contribution in [3.63, 3.8) is 0 Å². The second-order valence-corrected chi connectivity index (χ2v) is 7.68. The number of ether oxygens (including phenoxy) is 1. The molecule has 0 aliphatic carbocycles. The molecule has 3 aromatic rings. The SMILES string of the molecule is CC.COc1cccc(C(CCc2ccc(C(F)(F)F)cc2)NC(C(C)=O)c2ccccc2)c1. The smallest absolute Gasteiger partial charge is 0.416 e. The van der Waals surface area contributed by atoms with Crippen molar-refractivity contribution in [2.75, 3.05) is 7.11 Å². The van der Waals surface area contributed by atoms with Crippen LogP contribution in [-0.4, -0.2) is 12.9 Å². The number of alkyl halides is 3. The summed E-state index contributed by atoms with van der Waals surface area (Å²) in [4.78, 5) is 12.4. The van der Waals surface area contributed by atoms with Gasteiger partial charge in [0, 0.05) is 6.04 Å². The molecule has 0 radical (unpaired) electrons. The fourth-order valence-electron chi connectivity index (χ4n) is 3.67. The highest BCUT2D eigenvalue weighted by Gasteiger charge is 2.30. The van der Waals surface area contributed by atoms with Crippen molar-refractivity contribution in [1.29, 1.82) is 0 Å². The first kappa shape index (κ1) is 27.1. The number of Topliss-reactive ketones (excluding diaryl/α,β-unsaturated/α-hetero) is 1. The molecule has 3 rings (SSSR count). The maximum atomic E-state index is 12.9. The van der Waals surface area contributed by atoms with E-state index in [0.29, 0.717) is 18.6 Å². The van der Waals surface area contributed by atoms with Gasteiger partial charge < -0.3 is 4.74 Å². The third kappa shape index (κ3) is 7.73. The minimum absolute atomic E-state index is 0.0152. The Morgan fingerprint density at radius 1 is 0.912 bits per heavy atom. The number of rotatable bonds is 9. The molecule has 1 N–H and O–H groups in total. The molecule has 6 heteroatoms. The van der Waals surface area contributed by atoms with Crippen LogP contribution in [-0.2, 0) is 17.4 Å². The molecule has 0 aliphatic rings. The molecule has 0 fully saturated rings. The topological polar surface area (TPSA) is 38.3 Å². The predicted molar refractivity (Wildman–Crippen MR) is 130 cm³/mol. The van der Waals surface area contributed by atoms with Crippen LogP contribution >= 0.6 is 0 Å². The molecule has 0 heterocycles. The molecular weight excluding hydrogens is 439 g/mol. The molecule has 0 aliphatic heterocycles. The number of benzene rings is 3. The first-order valence-corrected chi connectivity index (χ1v) is 11.4. The van der Waals surface area contributed by atoms with E-state index < -0.39 is 17.8 Å². The van der Waals surface area contributed by atoms with Crippen LogP contribution < -0.4 is 10.1 Å². The van der Waals surface area contributed by atoms with Gasteiger partial charge in [-0.25, -0.2) is 0 Å². The van der Waals surface area contributed by atoms with Crippen molar-refractivity contribution >= 4 is 5.78 Å². The van der Waals surface area contributed by atoms with E-state index in [1.165, 1.54) is 12.1 Å². The Balaban J connectivity index is 0.00000199. The van der Waals surface area contributed by atoms with Crippen LogP contribution in [0.4, 0.5) is 13.2 Å². The quantitative estimate of drug-likeness (QED) is 0.355. The largest absolute Gasteiger partial charge is 0.497 e. The van der Waals surface area contributed by atoms with Crippen LogP contribution in [0.2, 0.25) is 0 Å². The van der Waals surface area contributed by atoms with E-state index in [0.717, 1.165) is 28.8 Å². The molecule has 0 saturated carbocycles. The average Bonchev–Trinajstić information content (AvgIpc) is 2.85. The maximum Gasteiger partial charge on any atom is 0.416 e. The van der Waals surface area contributed by atoms with Gasteiger partial charge in [-0.1, -0.05) is 68.4 Å². The summed E-state index contributed by atoms with van der Waals surface area (Å²) in [6.45, 7) is 5.54. The fourth-order valence-corrected chi connectivity index (χ4v) is 3.67. The van der Waals surface area contributed by atoms with Crippen molar-refractivity contribution in [1.82, 2.24) is 5.32 Å². The molecule has 0 bridgehead atoms. The van der Waals surface area contributed by atoms with Crippen LogP contribution in [0.3, 0.4) is 0 Å². The van der Waals surface area contributed by atoms with Gasteiger partial charge in [0.05, 0.1) is 18.7 Å². The summed E-state index contributed by atoms with van der Waals surface area (Å²) in [5.74, 6) is 0.682. The highest BCUT2D eigenvalue weighted by molar-refractivity contribution is 5.83. The normalized spacial score (nSPS) is 12.8. The fraction of sp³-hybridized carbons (Fsp3) is 0.321. The second kappa shape index (κ2) is 12.9. The van der Waals surface area contributed by atoms with Gasteiger partial charge in [-0.3, -0.25) is 10.1 Å². The highest BCUT2D eigenvalue weighted by atomic mass is 19.4. The van der Waals surface area contributed by atoms with Crippen molar-refractivity contribution in [2.24, 2.45) is 0 Å². The summed E-state index contributed by atoms with van der Waals surface area (Å²) in [6.07, 6.45) is -3.21. The summed E-state index contributed by atoms with van der Waals surface area (Å²) in [6, 6.07) is 21.6. The van der Waals surface area contributed by atoms with E-state index >= 15 is 0 Å². The summed E-state index contributed by atoms with van der Waals surface area (Å²) in [5, 5.41) is 3.46. The lowest BCUT2D eigenvalue weighted by Crippen LogP contribution is -2.31. The van der Waals surface area contributed by atoms with Crippen LogP contribution in [0.25, 0.3) is 0 Å². The van der Waals surface area contributed by atoms with Gasteiger partial charge in [0.1, 0.15) is 5.75 Å². The molecule has 0 aromatic heterocycles. The Kier molecular flexibility index (Phi) is 10.3. The standard InChI is InChI=1S/C26H26F3NO2.C2H6/c1-18(31)25(20-7-4-3-5-8-20)30-24(21-9-6-10-23(17-21)32-2)16-13-19-11-14-22(15-12-19)26(27,28)29;1-2/h3-12,14-15,17,24-25,30H,13,16H2,1-2H3;1-2H3. The molecule has 0 spiro atoms. The van der Waals surface area contributed by atoms with Crippen molar-refractivity contribution < 1.29 is 22.7 Å². The minimum atomic E-state index is -4.35. The molecule has 0 saturated heterocycles. The lowest BCUT2D eigenvalue weighted by molar-refractivity contribution is -0.137. The summed E-state index contributed by atoms with van der Waals surface area (Å²) in [5.41, 5.74) is 1.94. The van der Waals surface area contributed by atoms with Gasteiger partial charge in [0.15, 0.2) is 5.78 Å². The number of nitrogens with one attached hydrogen (secondary N) is 1. The zero-order valence-corrected chi connectivity index (χ0v) is 20.0. The van der Waals surface area contributed by atoms with E-state index in [-0.39, 0.29) is 11.8 Å². The monoisotopic (exact) mass is 471 g/mol. The number of carbonyl (C=O) groups excluding carboxylic acids is 1. The number of methoxy groups -OCH3 is 1. The van der Waals surface area contributed by atoms with E-state index in [1.54, 1.807) is 14.0 Å². The van der Waals surface area contributed by atoms with Crippen LogP contribution in [0.1, 0.15) is 61.5 Å². The third-order valence-electron chi connectivity index (χ3n) is 5.41. The first-order valence-electron chi connectivity index (χ1n) is 11.4. The van der Waals surface area contributed by atoms with Gasteiger partial charge in [-0.2, -0.15) is 13.2 Å². The van der Waals surface area contributed by atoms with Crippen molar-refractivity contribution in [2.45, 2.75) is 51.9 Å². The van der Waals surface area contributed by atoms with Crippen LogP contribution in [0, 0.1) is 0 Å². The molecule has 3 aromatic carbocycles. The number of halogens is 3. The Morgan fingerprint density at radius 3 is 2.09 bits per heavy atom. The van der Waals surface area contributed by atoms with Gasteiger partial charge in [0.25, 0.3) is 0 Å². The summed E-state index contributed by atoms with van der Waals surface area (Å²) >= 11 is 0. The number of ketones is 1. The van der Waals surface area contributed by atoms with Gasteiger partial charge in [-0.15, -0.1) is 0 Å². The zero-order chi connectivity index (χ0) is 25.1. The lowest BCUT2D eigenvalue weighted by atomic mass is 9.95. The molecular formula is C28H32F3NO2. The Hall–Kier alpha value is -3.12. The Morgan fingerprint density at radius 2 is 1.53 bits per heavy atom. The minimum Gasteiger partial charge on any atom is -0.497 e. The Labute approximate surface area is 200 Å². The van der Waals surface area contributed by atoms with E-state index in [4.69, 9.17) is 4.74 Å². The molecule has 0 amide bonds. The summed E-state index contributed by atoms with van der Waals surface area (Å²) in [7, 11) is 1.59. The highest BCUT2D eigenvalue weighted by Crippen LogP contribution is 2.30. The molecule has 34 heavy (non-hydrogen) atoms. The number of hydrogen-bond donors (Lipinski definition) is 1. The van der Waals surface area contributed by atoms with Crippen molar-refractivity contribution in [3.8, 4) is 5.75 Å². The summed E-state index contributed by atoms with van der Waals surface area (Å²) < 4.78 is 43.9. The van der Waals surface area contributed by atoms with Crippen molar-refractivity contribution in [3.05, 3.63) is 101 Å². The molecule has 2 atom stereocenters. The zero-order valence-electron chi connectivity index (χ0n) is 20.0. The maximum absolute atomic E-state index is 12.9. The van der Waals surface area contributed by atoms with E-state index in [9.17, 15) is 18.0 Å². The number of carbonyl (C=O) groups is 1. The molecule has 2 unspecified atom stereocenters. The first-order chi connectivity index (χ1) is 16.3. The number of hydrogen-bond acceptors (Lipinski definition) is 3. The number of aryl methyl sites for hydroxylation is 1. The second-order valence-electron chi connectivity index (χ2n) is 7.68. The van der Waals surface area contributed by atoms with E-state index in [2.05, 4.69) is 5.32 Å². The lowest BCUT2D eigenvalue weighted by Gasteiger charge is -2.26. The third-order valence-corrected chi connectivity index (χ3v) is 5.41. The molecule has 3 nitrogen and oxygen atoms in total. The Bertz CT molecular complexity index is 1020. The van der Waals surface area contributed by atoms with Gasteiger partial charge in [0.2, 0.25) is 0 Å². The van der Waals surface area contributed by atoms with Crippen LogP contribution in [0.5, 0.6) is 5.75 Å². The van der Waals surface area contributed by atoms with E-state index in [1.807, 2.05) is 68.4 Å².